The van der Waals surface area contributed by atoms with Crippen molar-refractivity contribution in [2.45, 2.75) is 19.1 Å². The summed E-state index contributed by atoms with van der Waals surface area (Å²) in [4.78, 5) is 1.78. The van der Waals surface area contributed by atoms with Crippen LogP contribution in [0, 0.1) is 5.82 Å². The van der Waals surface area contributed by atoms with Crippen LogP contribution < -0.4 is 10.2 Å². The number of hydrogen-bond acceptors (Lipinski definition) is 2. The fourth-order valence-corrected chi connectivity index (χ4v) is 2.12. The lowest BCUT2D eigenvalue weighted by atomic mass is 10.1. The van der Waals surface area contributed by atoms with Crippen LogP contribution in [0.5, 0.6) is 0 Å². The first kappa shape index (κ1) is 13.1. The van der Waals surface area contributed by atoms with E-state index in [4.69, 9.17) is 0 Å². The van der Waals surface area contributed by atoms with Gasteiger partial charge in [0.25, 0.3) is 0 Å². The SMILES string of the molecule is C[C@H]1CNCCN1c1ccc(C(F)(F)F)cc1F. The van der Waals surface area contributed by atoms with Gasteiger partial charge in [0.15, 0.2) is 0 Å². The first-order valence-electron chi connectivity index (χ1n) is 5.73. The summed E-state index contributed by atoms with van der Waals surface area (Å²) in [6.07, 6.45) is -4.51. The molecule has 1 heterocycles. The largest absolute Gasteiger partial charge is 0.416 e. The summed E-state index contributed by atoms with van der Waals surface area (Å²) in [6.45, 7) is 3.89. The Hall–Kier alpha value is -1.30. The molecule has 0 aliphatic carbocycles. The Morgan fingerprint density at radius 2 is 2.06 bits per heavy atom. The molecule has 6 heteroatoms. The van der Waals surface area contributed by atoms with Gasteiger partial charge in [-0.25, -0.2) is 4.39 Å². The van der Waals surface area contributed by atoms with E-state index in [1.54, 1.807) is 4.90 Å². The molecule has 0 bridgehead atoms. The van der Waals surface area contributed by atoms with Crippen molar-refractivity contribution in [2.75, 3.05) is 24.5 Å². The van der Waals surface area contributed by atoms with Gasteiger partial charge in [0, 0.05) is 25.7 Å². The zero-order valence-corrected chi connectivity index (χ0v) is 9.89. The number of rotatable bonds is 1. The minimum atomic E-state index is -4.51. The van der Waals surface area contributed by atoms with Crippen LogP contribution in [0.4, 0.5) is 23.2 Å². The lowest BCUT2D eigenvalue weighted by Crippen LogP contribution is -2.50. The molecule has 0 saturated carbocycles. The highest BCUT2D eigenvalue weighted by Gasteiger charge is 2.32. The molecule has 1 aromatic rings. The van der Waals surface area contributed by atoms with Gasteiger partial charge in [-0.1, -0.05) is 0 Å². The molecule has 18 heavy (non-hydrogen) atoms. The molecule has 2 rings (SSSR count). The molecule has 1 atom stereocenters. The fourth-order valence-electron chi connectivity index (χ4n) is 2.12. The zero-order chi connectivity index (χ0) is 13.3. The third-order valence-corrected chi connectivity index (χ3v) is 3.09. The lowest BCUT2D eigenvalue weighted by molar-refractivity contribution is -0.137. The van der Waals surface area contributed by atoms with Crippen molar-refractivity contribution in [1.29, 1.82) is 0 Å². The molecular formula is C12H14F4N2. The number of halogens is 4. The van der Waals surface area contributed by atoms with E-state index in [1.807, 2.05) is 6.92 Å². The van der Waals surface area contributed by atoms with Crippen LogP contribution in [0.3, 0.4) is 0 Å². The van der Waals surface area contributed by atoms with E-state index in [2.05, 4.69) is 5.32 Å². The predicted molar refractivity (Wildman–Crippen MR) is 61.1 cm³/mol. The average molecular weight is 262 g/mol. The lowest BCUT2D eigenvalue weighted by Gasteiger charge is -2.36. The summed E-state index contributed by atoms with van der Waals surface area (Å²) in [5.41, 5.74) is -0.719. The first-order chi connectivity index (χ1) is 8.39. The number of hydrogen-bond donors (Lipinski definition) is 1. The number of alkyl halides is 3. The maximum Gasteiger partial charge on any atom is 0.416 e. The second-order valence-electron chi connectivity index (χ2n) is 4.41. The molecule has 1 fully saturated rings. The van der Waals surface area contributed by atoms with Crippen molar-refractivity contribution in [3.8, 4) is 0 Å². The zero-order valence-electron chi connectivity index (χ0n) is 9.89. The molecule has 1 aromatic carbocycles. The van der Waals surface area contributed by atoms with E-state index in [0.29, 0.717) is 25.7 Å². The summed E-state index contributed by atoms with van der Waals surface area (Å²) in [6, 6.07) is 2.75. The van der Waals surface area contributed by atoms with Crippen molar-refractivity contribution < 1.29 is 17.6 Å². The van der Waals surface area contributed by atoms with Crippen molar-refractivity contribution in [3.63, 3.8) is 0 Å². The molecule has 100 valence electrons. The second kappa shape index (κ2) is 4.76. The highest BCUT2D eigenvalue weighted by Crippen LogP contribution is 2.32. The number of nitrogens with one attached hydrogen (secondary N) is 1. The topological polar surface area (TPSA) is 15.3 Å². The van der Waals surface area contributed by atoms with E-state index in [0.717, 1.165) is 6.07 Å². The Bertz CT molecular complexity index is 431. The molecule has 0 unspecified atom stereocenters. The van der Waals surface area contributed by atoms with Crippen molar-refractivity contribution in [2.24, 2.45) is 0 Å². The van der Waals surface area contributed by atoms with E-state index < -0.39 is 17.6 Å². The fraction of sp³-hybridized carbons (Fsp3) is 0.500. The third kappa shape index (κ3) is 2.58. The summed E-state index contributed by atoms with van der Waals surface area (Å²) in [7, 11) is 0. The number of benzene rings is 1. The third-order valence-electron chi connectivity index (χ3n) is 3.09. The van der Waals surface area contributed by atoms with Crippen LogP contribution in [-0.2, 0) is 6.18 Å². The van der Waals surface area contributed by atoms with Crippen LogP contribution in [0.1, 0.15) is 12.5 Å². The van der Waals surface area contributed by atoms with Gasteiger partial charge in [0.2, 0.25) is 0 Å². The minimum Gasteiger partial charge on any atom is -0.364 e. The van der Waals surface area contributed by atoms with Gasteiger partial charge in [-0.05, 0) is 25.1 Å². The molecule has 1 aliphatic rings. The van der Waals surface area contributed by atoms with Crippen LogP contribution in [0.15, 0.2) is 18.2 Å². The Labute approximate surface area is 103 Å². The summed E-state index contributed by atoms with van der Waals surface area (Å²) >= 11 is 0. The number of nitrogens with zero attached hydrogens (tertiary/aromatic N) is 1. The molecule has 1 N–H and O–H groups in total. The normalized spacial score (nSPS) is 21.2. The van der Waals surface area contributed by atoms with Crippen molar-refractivity contribution in [3.05, 3.63) is 29.6 Å². The summed E-state index contributed by atoms with van der Waals surface area (Å²) in [5.74, 6) is -0.821. The van der Waals surface area contributed by atoms with Crippen LogP contribution in [-0.4, -0.2) is 25.7 Å². The smallest absolute Gasteiger partial charge is 0.364 e. The maximum absolute atomic E-state index is 13.8. The molecule has 2 nitrogen and oxygen atoms in total. The quantitative estimate of drug-likeness (QED) is 0.783. The Morgan fingerprint density at radius 1 is 1.33 bits per heavy atom. The highest BCUT2D eigenvalue weighted by atomic mass is 19.4. The Balaban J connectivity index is 2.29. The van der Waals surface area contributed by atoms with Gasteiger partial charge in [-0.2, -0.15) is 13.2 Å². The molecule has 0 radical (unpaired) electrons. The molecule has 1 aliphatic heterocycles. The van der Waals surface area contributed by atoms with Crippen LogP contribution >= 0.6 is 0 Å². The second-order valence-corrected chi connectivity index (χ2v) is 4.41. The first-order valence-corrected chi connectivity index (χ1v) is 5.73. The van der Waals surface area contributed by atoms with E-state index in [1.165, 1.54) is 6.07 Å². The summed E-state index contributed by atoms with van der Waals surface area (Å²) < 4.78 is 51.1. The van der Waals surface area contributed by atoms with Crippen molar-refractivity contribution >= 4 is 5.69 Å². The van der Waals surface area contributed by atoms with Gasteiger partial charge in [-0.3, -0.25) is 0 Å². The molecule has 0 aromatic heterocycles. The number of piperazine rings is 1. The van der Waals surface area contributed by atoms with E-state index in [-0.39, 0.29) is 11.7 Å². The highest BCUT2D eigenvalue weighted by molar-refractivity contribution is 5.51. The van der Waals surface area contributed by atoms with Gasteiger partial charge in [0.1, 0.15) is 5.82 Å². The monoisotopic (exact) mass is 262 g/mol. The molecule has 0 spiro atoms. The van der Waals surface area contributed by atoms with Gasteiger partial charge < -0.3 is 10.2 Å². The van der Waals surface area contributed by atoms with Gasteiger partial charge >= 0.3 is 6.18 Å². The van der Waals surface area contributed by atoms with Gasteiger partial charge in [-0.15, -0.1) is 0 Å². The molecular weight excluding hydrogens is 248 g/mol. The maximum atomic E-state index is 13.8. The molecule has 0 amide bonds. The average Bonchev–Trinajstić information content (AvgIpc) is 2.29. The van der Waals surface area contributed by atoms with E-state index in [9.17, 15) is 17.6 Å². The molecule has 1 saturated heterocycles. The predicted octanol–water partition coefficient (Wildman–Crippen LogP) is 2.64. The number of anilines is 1. The van der Waals surface area contributed by atoms with Crippen molar-refractivity contribution in [1.82, 2.24) is 5.32 Å². The Morgan fingerprint density at radius 3 is 2.61 bits per heavy atom. The van der Waals surface area contributed by atoms with E-state index >= 15 is 0 Å². The standard InChI is InChI=1S/C12H14F4N2/c1-8-7-17-4-5-18(8)11-3-2-9(6-10(11)13)12(14,15)16/h2-3,6,8,17H,4-5,7H2,1H3/t8-/m0/s1. The minimum absolute atomic E-state index is 0.0602. The van der Waals surface area contributed by atoms with Crippen LogP contribution in [0.25, 0.3) is 0 Å². The van der Waals surface area contributed by atoms with Crippen LogP contribution in [0.2, 0.25) is 0 Å². The Kier molecular flexibility index (Phi) is 3.47. The summed E-state index contributed by atoms with van der Waals surface area (Å²) in [5, 5.41) is 3.15. The van der Waals surface area contributed by atoms with Gasteiger partial charge in [0.05, 0.1) is 11.3 Å².